The molecule has 0 spiro atoms. The van der Waals surface area contributed by atoms with Crippen LogP contribution in [-0.2, 0) is 4.79 Å². The number of hydrogen-bond donors (Lipinski definition) is 2. The van der Waals surface area contributed by atoms with Crippen LogP contribution in [0.25, 0.3) is 0 Å². The summed E-state index contributed by atoms with van der Waals surface area (Å²) in [5, 5.41) is 3.00. The smallest absolute Gasteiger partial charge is 0.233 e. The number of rotatable bonds is 4. The van der Waals surface area contributed by atoms with Crippen molar-refractivity contribution in [3.8, 4) is 0 Å². The van der Waals surface area contributed by atoms with Gasteiger partial charge in [-0.3, -0.25) is 4.79 Å². The van der Waals surface area contributed by atoms with E-state index in [2.05, 4.69) is 5.32 Å². The van der Waals surface area contributed by atoms with Crippen molar-refractivity contribution in [1.82, 2.24) is 5.32 Å². The molecule has 84 valence electrons. The van der Waals surface area contributed by atoms with Crippen molar-refractivity contribution < 1.29 is 4.79 Å². The van der Waals surface area contributed by atoms with E-state index in [4.69, 9.17) is 18.0 Å². The topological polar surface area (TPSA) is 55.1 Å². The lowest BCUT2D eigenvalue weighted by atomic mass is 9.85. The second-order valence-electron chi connectivity index (χ2n) is 4.81. The molecule has 4 heteroatoms. The molecule has 15 heavy (non-hydrogen) atoms. The summed E-state index contributed by atoms with van der Waals surface area (Å²) in [7, 11) is 0. The minimum atomic E-state index is -0.524. The summed E-state index contributed by atoms with van der Waals surface area (Å²) < 4.78 is 0. The molecule has 0 unspecified atom stereocenters. The molecule has 1 amide bonds. The van der Waals surface area contributed by atoms with Gasteiger partial charge in [-0.25, -0.2) is 0 Å². The highest BCUT2D eigenvalue weighted by Crippen LogP contribution is 2.39. The minimum absolute atomic E-state index is 0.0689. The van der Waals surface area contributed by atoms with E-state index in [1.54, 1.807) is 0 Å². The van der Waals surface area contributed by atoms with Crippen LogP contribution < -0.4 is 11.1 Å². The zero-order valence-corrected chi connectivity index (χ0v) is 9.74. The first-order chi connectivity index (χ1) is 7.15. The van der Waals surface area contributed by atoms with Gasteiger partial charge in [0.15, 0.2) is 0 Å². The number of carbonyl (C=O) groups excluding carboxylic acids is 1. The van der Waals surface area contributed by atoms with E-state index >= 15 is 0 Å². The Hall–Kier alpha value is -0.640. The van der Waals surface area contributed by atoms with Gasteiger partial charge in [-0.1, -0.05) is 25.1 Å². The van der Waals surface area contributed by atoms with Gasteiger partial charge < -0.3 is 11.1 Å². The molecule has 0 aliphatic heterocycles. The van der Waals surface area contributed by atoms with Crippen LogP contribution in [0.15, 0.2) is 0 Å². The molecule has 2 fully saturated rings. The molecular weight excluding hydrogens is 208 g/mol. The maximum Gasteiger partial charge on any atom is 0.233 e. The Labute approximate surface area is 95.8 Å². The molecule has 0 aromatic rings. The second kappa shape index (κ2) is 4.08. The number of carbonyl (C=O) groups is 1. The fourth-order valence-electron chi connectivity index (χ4n) is 2.29. The third kappa shape index (κ3) is 2.14. The molecule has 0 heterocycles. The average molecular weight is 226 g/mol. The van der Waals surface area contributed by atoms with Crippen molar-refractivity contribution in [2.45, 2.75) is 38.5 Å². The van der Waals surface area contributed by atoms with Crippen molar-refractivity contribution >= 4 is 23.1 Å². The van der Waals surface area contributed by atoms with Gasteiger partial charge in [0.25, 0.3) is 0 Å². The molecule has 0 aromatic carbocycles. The Bertz CT molecular complexity index is 280. The predicted molar refractivity (Wildman–Crippen MR) is 63.4 cm³/mol. The number of thiocarbonyl (C=S) groups is 1. The lowest BCUT2D eigenvalue weighted by Crippen LogP contribution is -2.47. The summed E-state index contributed by atoms with van der Waals surface area (Å²) in [6, 6.07) is 0. The SMILES string of the molecule is NC(=S)C1(C(=O)NCC2CC2)CCCC1. The van der Waals surface area contributed by atoms with E-state index in [0.29, 0.717) is 10.9 Å². The summed E-state index contributed by atoms with van der Waals surface area (Å²) in [6.45, 7) is 0.809. The maximum atomic E-state index is 12.1. The molecule has 2 aliphatic rings. The lowest BCUT2D eigenvalue weighted by Gasteiger charge is -2.26. The van der Waals surface area contributed by atoms with Crippen molar-refractivity contribution in [1.29, 1.82) is 0 Å². The second-order valence-corrected chi connectivity index (χ2v) is 5.25. The molecule has 0 radical (unpaired) electrons. The summed E-state index contributed by atoms with van der Waals surface area (Å²) in [4.78, 5) is 12.4. The first-order valence-electron chi connectivity index (χ1n) is 5.73. The predicted octanol–water partition coefficient (Wildman–Crippen LogP) is 1.36. The Morgan fingerprint density at radius 1 is 1.40 bits per heavy atom. The minimum Gasteiger partial charge on any atom is -0.392 e. The average Bonchev–Trinajstić information content (AvgIpc) is 2.89. The number of hydrogen-bond acceptors (Lipinski definition) is 2. The molecule has 0 saturated heterocycles. The Morgan fingerprint density at radius 2 is 2.00 bits per heavy atom. The van der Waals surface area contributed by atoms with Gasteiger partial charge in [-0.15, -0.1) is 0 Å². The zero-order valence-electron chi connectivity index (χ0n) is 8.92. The molecule has 0 bridgehead atoms. The van der Waals surface area contributed by atoms with E-state index in [1.165, 1.54) is 12.8 Å². The van der Waals surface area contributed by atoms with E-state index in [0.717, 1.165) is 32.2 Å². The Kier molecular flexibility index (Phi) is 2.96. The summed E-state index contributed by atoms with van der Waals surface area (Å²) >= 11 is 5.06. The number of nitrogens with two attached hydrogens (primary N) is 1. The molecule has 2 rings (SSSR count). The molecule has 2 aliphatic carbocycles. The standard InChI is InChI=1S/C11H18N2OS/c12-9(15)11(5-1-2-6-11)10(14)13-7-8-3-4-8/h8H,1-7H2,(H2,12,15)(H,13,14). The molecule has 3 N–H and O–H groups in total. The molecule has 2 saturated carbocycles. The third-order valence-corrected chi connectivity index (χ3v) is 4.00. The number of nitrogens with one attached hydrogen (secondary N) is 1. The van der Waals surface area contributed by atoms with Crippen molar-refractivity contribution in [3.05, 3.63) is 0 Å². The molecule has 0 atom stereocenters. The normalized spacial score (nSPS) is 23.7. The van der Waals surface area contributed by atoms with Crippen molar-refractivity contribution in [3.63, 3.8) is 0 Å². The monoisotopic (exact) mass is 226 g/mol. The quantitative estimate of drug-likeness (QED) is 0.712. The van der Waals surface area contributed by atoms with Gasteiger partial charge >= 0.3 is 0 Å². The molecular formula is C11H18N2OS. The summed E-state index contributed by atoms with van der Waals surface area (Å²) in [5.74, 6) is 0.776. The van der Waals surface area contributed by atoms with Crippen LogP contribution in [0.1, 0.15) is 38.5 Å². The first kappa shape index (κ1) is 10.9. The van der Waals surface area contributed by atoms with Crippen LogP contribution in [0.4, 0.5) is 0 Å². The summed E-state index contributed by atoms with van der Waals surface area (Å²) in [5.41, 5.74) is 5.20. The number of amides is 1. The summed E-state index contributed by atoms with van der Waals surface area (Å²) in [6.07, 6.45) is 6.29. The fourth-order valence-corrected chi connectivity index (χ4v) is 2.59. The van der Waals surface area contributed by atoms with Gasteiger partial charge in [-0.2, -0.15) is 0 Å². The first-order valence-corrected chi connectivity index (χ1v) is 6.14. The van der Waals surface area contributed by atoms with Crippen LogP contribution >= 0.6 is 12.2 Å². The Morgan fingerprint density at radius 3 is 2.47 bits per heavy atom. The highest BCUT2D eigenvalue weighted by atomic mass is 32.1. The van der Waals surface area contributed by atoms with Gasteiger partial charge in [0.1, 0.15) is 0 Å². The van der Waals surface area contributed by atoms with Gasteiger partial charge in [0.2, 0.25) is 5.91 Å². The fraction of sp³-hybridized carbons (Fsp3) is 0.818. The van der Waals surface area contributed by atoms with Crippen LogP contribution in [0, 0.1) is 11.3 Å². The lowest BCUT2D eigenvalue weighted by molar-refractivity contribution is -0.127. The van der Waals surface area contributed by atoms with E-state index < -0.39 is 5.41 Å². The Balaban J connectivity index is 1.96. The van der Waals surface area contributed by atoms with Crippen LogP contribution in [0.3, 0.4) is 0 Å². The van der Waals surface area contributed by atoms with Crippen molar-refractivity contribution in [2.24, 2.45) is 17.1 Å². The van der Waals surface area contributed by atoms with Crippen LogP contribution in [0.2, 0.25) is 0 Å². The van der Waals surface area contributed by atoms with Crippen LogP contribution in [-0.4, -0.2) is 17.4 Å². The van der Waals surface area contributed by atoms with E-state index in [9.17, 15) is 4.79 Å². The maximum absolute atomic E-state index is 12.1. The molecule has 0 aromatic heterocycles. The zero-order chi connectivity index (χ0) is 10.9. The largest absolute Gasteiger partial charge is 0.392 e. The van der Waals surface area contributed by atoms with Gasteiger partial charge in [-0.05, 0) is 31.6 Å². The van der Waals surface area contributed by atoms with Gasteiger partial charge in [0, 0.05) is 6.54 Å². The van der Waals surface area contributed by atoms with Crippen LogP contribution in [0.5, 0.6) is 0 Å². The van der Waals surface area contributed by atoms with Crippen molar-refractivity contribution in [2.75, 3.05) is 6.54 Å². The molecule has 3 nitrogen and oxygen atoms in total. The van der Waals surface area contributed by atoms with E-state index in [1.807, 2.05) is 0 Å². The highest BCUT2D eigenvalue weighted by molar-refractivity contribution is 7.80. The van der Waals surface area contributed by atoms with E-state index in [-0.39, 0.29) is 5.91 Å². The van der Waals surface area contributed by atoms with Gasteiger partial charge in [0.05, 0.1) is 10.4 Å². The third-order valence-electron chi connectivity index (χ3n) is 3.61. The highest BCUT2D eigenvalue weighted by Gasteiger charge is 2.44.